The quantitative estimate of drug-likeness (QED) is 0.884. The first-order chi connectivity index (χ1) is 8.72. The lowest BCUT2D eigenvalue weighted by Gasteiger charge is -2.37. The van der Waals surface area contributed by atoms with E-state index in [-0.39, 0.29) is 18.0 Å². The molecular formula is C14H21FN2O. The predicted molar refractivity (Wildman–Crippen MR) is 70.1 cm³/mol. The van der Waals surface area contributed by atoms with Gasteiger partial charge >= 0.3 is 0 Å². The summed E-state index contributed by atoms with van der Waals surface area (Å²) in [6.07, 6.45) is 0.193. The lowest BCUT2D eigenvalue weighted by atomic mass is 10.1. The lowest BCUT2D eigenvalue weighted by molar-refractivity contribution is -0.0397. The molecule has 0 bridgehead atoms. The molecule has 1 aliphatic rings. The summed E-state index contributed by atoms with van der Waals surface area (Å²) >= 11 is 0. The maximum Gasteiger partial charge on any atom is 0.127 e. The van der Waals surface area contributed by atoms with Crippen molar-refractivity contribution in [1.29, 1.82) is 0 Å². The van der Waals surface area contributed by atoms with Crippen molar-refractivity contribution in [3.05, 3.63) is 35.6 Å². The zero-order chi connectivity index (χ0) is 13.0. The van der Waals surface area contributed by atoms with Gasteiger partial charge in [0, 0.05) is 31.2 Å². The molecule has 0 saturated carbocycles. The molecule has 1 aliphatic heterocycles. The number of likely N-dealkylation sites (N-methyl/N-ethyl adjacent to an activating group) is 1. The van der Waals surface area contributed by atoms with Crippen LogP contribution in [0.4, 0.5) is 4.39 Å². The molecule has 2 atom stereocenters. The first-order valence-electron chi connectivity index (χ1n) is 6.47. The minimum atomic E-state index is -0.123. The summed E-state index contributed by atoms with van der Waals surface area (Å²) in [4.78, 5) is 2.28. The number of hydrogen-bond acceptors (Lipinski definition) is 3. The normalized spacial score (nSPS) is 22.9. The van der Waals surface area contributed by atoms with Gasteiger partial charge in [0.2, 0.25) is 0 Å². The van der Waals surface area contributed by atoms with Crippen molar-refractivity contribution in [2.24, 2.45) is 0 Å². The summed E-state index contributed by atoms with van der Waals surface area (Å²) in [7, 11) is 1.92. The Hall–Kier alpha value is -0.970. The van der Waals surface area contributed by atoms with Crippen LogP contribution in [0.15, 0.2) is 24.3 Å². The maximum atomic E-state index is 13.8. The summed E-state index contributed by atoms with van der Waals surface area (Å²) in [6, 6.07) is 7.10. The van der Waals surface area contributed by atoms with Crippen molar-refractivity contribution >= 4 is 0 Å². The van der Waals surface area contributed by atoms with Crippen LogP contribution in [0.3, 0.4) is 0 Å². The first-order valence-corrected chi connectivity index (χ1v) is 6.47. The second-order valence-corrected chi connectivity index (χ2v) is 4.74. The molecule has 1 fully saturated rings. The Balaban J connectivity index is 2.04. The van der Waals surface area contributed by atoms with Gasteiger partial charge in [-0.05, 0) is 20.0 Å². The van der Waals surface area contributed by atoms with Gasteiger partial charge in [0.05, 0.1) is 12.7 Å². The van der Waals surface area contributed by atoms with Gasteiger partial charge in [0.25, 0.3) is 0 Å². The molecule has 1 aromatic rings. The molecule has 2 unspecified atom stereocenters. The summed E-state index contributed by atoms with van der Waals surface area (Å²) in [6.45, 7) is 5.30. The Morgan fingerprint density at radius 1 is 1.50 bits per heavy atom. The van der Waals surface area contributed by atoms with Gasteiger partial charge in [-0.3, -0.25) is 4.90 Å². The van der Waals surface area contributed by atoms with Crippen LogP contribution in [-0.4, -0.2) is 44.3 Å². The number of morpholine rings is 1. The van der Waals surface area contributed by atoms with Crippen molar-refractivity contribution in [3.8, 4) is 0 Å². The lowest BCUT2D eigenvalue weighted by Crippen LogP contribution is -2.47. The van der Waals surface area contributed by atoms with Gasteiger partial charge in [0.1, 0.15) is 5.82 Å². The molecule has 1 aromatic carbocycles. The largest absolute Gasteiger partial charge is 0.374 e. The minimum Gasteiger partial charge on any atom is -0.374 e. The van der Waals surface area contributed by atoms with E-state index in [0.29, 0.717) is 6.61 Å². The third-order valence-electron chi connectivity index (χ3n) is 3.51. The smallest absolute Gasteiger partial charge is 0.127 e. The van der Waals surface area contributed by atoms with Crippen molar-refractivity contribution < 1.29 is 9.13 Å². The van der Waals surface area contributed by atoms with Crippen LogP contribution >= 0.6 is 0 Å². The Morgan fingerprint density at radius 2 is 2.28 bits per heavy atom. The molecule has 1 heterocycles. The number of benzene rings is 1. The van der Waals surface area contributed by atoms with Gasteiger partial charge in [0.15, 0.2) is 0 Å². The van der Waals surface area contributed by atoms with Gasteiger partial charge in [-0.15, -0.1) is 0 Å². The average Bonchev–Trinajstić information content (AvgIpc) is 2.39. The van der Waals surface area contributed by atoms with Crippen LogP contribution in [0.1, 0.15) is 18.5 Å². The monoisotopic (exact) mass is 252 g/mol. The van der Waals surface area contributed by atoms with Crippen molar-refractivity contribution in [2.75, 3.05) is 33.3 Å². The van der Waals surface area contributed by atoms with E-state index in [1.54, 1.807) is 6.07 Å². The highest BCUT2D eigenvalue weighted by Gasteiger charge is 2.25. The number of rotatable bonds is 4. The second kappa shape index (κ2) is 6.27. The van der Waals surface area contributed by atoms with E-state index in [1.165, 1.54) is 6.07 Å². The summed E-state index contributed by atoms with van der Waals surface area (Å²) in [5.41, 5.74) is 0.766. The molecule has 3 nitrogen and oxygen atoms in total. The Kier molecular flexibility index (Phi) is 4.69. The fourth-order valence-electron chi connectivity index (χ4n) is 2.46. The van der Waals surface area contributed by atoms with Gasteiger partial charge in [-0.25, -0.2) is 4.39 Å². The van der Waals surface area contributed by atoms with E-state index in [0.717, 1.165) is 25.2 Å². The fourth-order valence-corrected chi connectivity index (χ4v) is 2.46. The highest BCUT2D eigenvalue weighted by Crippen LogP contribution is 2.24. The third kappa shape index (κ3) is 3.07. The van der Waals surface area contributed by atoms with Crippen LogP contribution in [0.25, 0.3) is 0 Å². The molecule has 0 spiro atoms. The predicted octanol–water partition coefficient (Wildman–Crippen LogP) is 1.81. The van der Waals surface area contributed by atoms with E-state index in [2.05, 4.69) is 17.1 Å². The van der Waals surface area contributed by atoms with Crippen LogP contribution in [0, 0.1) is 5.82 Å². The molecule has 1 saturated heterocycles. The number of hydrogen-bond donors (Lipinski definition) is 1. The van der Waals surface area contributed by atoms with Crippen molar-refractivity contribution in [3.63, 3.8) is 0 Å². The van der Waals surface area contributed by atoms with Gasteiger partial charge in [-0.1, -0.05) is 18.2 Å². The number of nitrogens with one attached hydrogen (secondary N) is 1. The SMILES string of the molecule is CNCC1CN(C(C)c2ccccc2F)CCO1. The molecule has 2 rings (SSSR count). The highest BCUT2D eigenvalue weighted by atomic mass is 19.1. The summed E-state index contributed by atoms with van der Waals surface area (Å²) < 4.78 is 19.4. The van der Waals surface area contributed by atoms with Gasteiger partial charge in [-0.2, -0.15) is 0 Å². The minimum absolute atomic E-state index is 0.0921. The third-order valence-corrected chi connectivity index (χ3v) is 3.51. The molecule has 100 valence electrons. The van der Waals surface area contributed by atoms with E-state index < -0.39 is 0 Å². The molecule has 18 heavy (non-hydrogen) atoms. The van der Waals surface area contributed by atoms with Crippen molar-refractivity contribution in [1.82, 2.24) is 10.2 Å². The van der Waals surface area contributed by atoms with Crippen LogP contribution in [0.5, 0.6) is 0 Å². The number of halogens is 1. The summed E-state index contributed by atoms with van der Waals surface area (Å²) in [5, 5.41) is 3.12. The highest BCUT2D eigenvalue weighted by molar-refractivity contribution is 5.20. The molecule has 0 amide bonds. The van der Waals surface area contributed by atoms with Crippen LogP contribution in [-0.2, 0) is 4.74 Å². The Labute approximate surface area is 108 Å². The second-order valence-electron chi connectivity index (χ2n) is 4.74. The topological polar surface area (TPSA) is 24.5 Å². The molecule has 0 radical (unpaired) electrons. The zero-order valence-electron chi connectivity index (χ0n) is 11.0. The molecule has 1 N–H and O–H groups in total. The van der Waals surface area contributed by atoms with E-state index in [1.807, 2.05) is 19.2 Å². The zero-order valence-corrected chi connectivity index (χ0v) is 11.0. The maximum absolute atomic E-state index is 13.8. The number of nitrogens with zero attached hydrogens (tertiary/aromatic N) is 1. The van der Waals surface area contributed by atoms with E-state index in [4.69, 9.17) is 4.74 Å². The number of ether oxygens (including phenoxy) is 1. The molecule has 4 heteroatoms. The van der Waals surface area contributed by atoms with Crippen LogP contribution in [0.2, 0.25) is 0 Å². The molecule has 0 aliphatic carbocycles. The fraction of sp³-hybridized carbons (Fsp3) is 0.571. The molecule has 0 aromatic heterocycles. The Bertz CT molecular complexity index is 384. The van der Waals surface area contributed by atoms with E-state index >= 15 is 0 Å². The first kappa shape index (κ1) is 13.5. The summed E-state index contributed by atoms with van der Waals surface area (Å²) in [5.74, 6) is -0.123. The standard InChI is InChI=1S/C14H21FN2O/c1-11(13-5-3-4-6-14(13)15)17-7-8-18-12(10-17)9-16-2/h3-6,11-12,16H,7-10H2,1-2H3. The molecular weight excluding hydrogens is 231 g/mol. The Morgan fingerprint density at radius 3 is 3.00 bits per heavy atom. The average molecular weight is 252 g/mol. The van der Waals surface area contributed by atoms with Crippen LogP contribution < -0.4 is 5.32 Å². The van der Waals surface area contributed by atoms with Crippen molar-refractivity contribution in [2.45, 2.75) is 19.1 Å². The van der Waals surface area contributed by atoms with E-state index in [9.17, 15) is 4.39 Å². The van der Waals surface area contributed by atoms with Gasteiger partial charge < -0.3 is 10.1 Å².